The van der Waals surface area contributed by atoms with Crippen LogP contribution in [-0.2, 0) is 16.1 Å². The Morgan fingerprint density at radius 2 is 1.72 bits per heavy atom. The van der Waals surface area contributed by atoms with E-state index in [9.17, 15) is 14.4 Å². The average molecular weight is 391 g/mol. The summed E-state index contributed by atoms with van der Waals surface area (Å²) in [5, 5.41) is 7.07. The Morgan fingerprint density at radius 1 is 1.03 bits per heavy atom. The highest BCUT2D eigenvalue weighted by Crippen LogP contribution is 2.27. The van der Waals surface area contributed by atoms with Crippen LogP contribution in [0.4, 0.5) is 5.69 Å². The van der Waals surface area contributed by atoms with Crippen molar-refractivity contribution in [2.24, 2.45) is 0 Å². The van der Waals surface area contributed by atoms with Gasteiger partial charge in [0.15, 0.2) is 0 Å². The molecule has 7 heteroatoms. The highest BCUT2D eigenvalue weighted by atomic mass is 16.5. The topological polar surface area (TPSA) is 90.3 Å². The van der Waals surface area contributed by atoms with Crippen LogP contribution < -0.4 is 15.6 Å². The molecular formula is C22H21N3O4. The lowest BCUT2D eigenvalue weighted by atomic mass is 10.1. The zero-order valence-electron chi connectivity index (χ0n) is 16.4. The van der Waals surface area contributed by atoms with Gasteiger partial charge in [-0.3, -0.25) is 14.4 Å². The summed E-state index contributed by atoms with van der Waals surface area (Å²) in [6, 6.07) is 15.4. The van der Waals surface area contributed by atoms with E-state index < -0.39 is 11.5 Å². The molecule has 0 saturated carbocycles. The quantitative estimate of drug-likeness (QED) is 0.533. The molecule has 3 aromatic rings. The minimum Gasteiger partial charge on any atom is -0.426 e. The van der Waals surface area contributed by atoms with Crippen LogP contribution >= 0.6 is 0 Å². The lowest BCUT2D eigenvalue weighted by Gasteiger charge is -2.11. The number of nitrogens with zero attached hydrogens (tertiary/aromatic N) is 2. The predicted octanol–water partition coefficient (Wildman–Crippen LogP) is 3.09. The van der Waals surface area contributed by atoms with Crippen LogP contribution in [0.1, 0.15) is 18.1 Å². The van der Waals surface area contributed by atoms with Crippen molar-refractivity contribution in [2.45, 2.75) is 27.3 Å². The molecule has 148 valence electrons. The number of benzene rings is 2. The van der Waals surface area contributed by atoms with Gasteiger partial charge in [-0.25, -0.2) is 4.68 Å². The molecule has 2 aromatic carbocycles. The Kier molecular flexibility index (Phi) is 5.87. The van der Waals surface area contributed by atoms with Crippen LogP contribution in [0.25, 0.3) is 11.3 Å². The Bertz CT molecular complexity index is 1110. The van der Waals surface area contributed by atoms with Crippen LogP contribution in [0.2, 0.25) is 0 Å². The zero-order chi connectivity index (χ0) is 21.0. The molecule has 7 nitrogen and oxygen atoms in total. The van der Waals surface area contributed by atoms with Gasteiger partial charge in [-0.15, -0.1) is 0 Å². The fraction of sp³-hybridized carbons (Fsp3) is 0.182. The minimum absolute atomic E-state index is 0.241. The number of carbonyl (C=O) groups excluding carboxylic acids is 2. The third-order valence-electron chi connectivity index (χ3n) is 4.08. The van der Waals surface area contributed by atoms with E-state index >= 15 is 0 Å². The van der Waals surface area contributed by atoms with Gasteiger partial charge < -0.3 is 10.1 Å². The number of aryl methyl sites for hydroxylation is 2. The van der Waals surface area contributed by atoms with E-state index in [1.807, 2.05) is 32.0 Å². The van der Waals surface area contributed by atoms with Crippen molar-refractivity contribution >= 4 is 17.6 Å². The fourth-order valence-electron chi connectivity index (χ4n) is 3.01. The van der Waals surface area contributed by atoms with Gasteiger partial charge in [0, 0.05) is 24.2 Å². The first kappa shape index (κ1) is 20.0. The van der Waals surface area contributed by atoms with Gasteiger partial charge in [0.2, 0.25) is 5.91 Å². The van der Waals surface area contributed by atoms with Crippen molar-refractivity contribution in [1.82, 2.24) is 9.78 Å². The van der Waals surface area contributed by atoms with Crippen molar-refractivity contribution in [2.75, 3.05) is 5.32 Å². The first-order valence-electron chi connectivity index (χ1n) is 9.06. The lowest BCUT2D eigenvalue weighted by Crippen LogP contribution is -2.29. The van der Waals surface area contributed by atoms with Crippen LogP contribution in [0.5, 0.6) is 5.75 Å². The molecule has 0 aliphatic heterocycles. The third-order valence-corrected chi connectivity index (χ3v) is 4.08. The van der Waals surface area contributed by atoms with Crippen LogP contribution in [0, 0.1) is 13.8 Å². The van der Waals surface area contributed by atoms with Gasteiger partial charge in [-0.05, 0) is 55.3 Å². The molecule has 3 rings (SSSR count). The van der Waals surface area contributed by atoms with Gasteiger partial charge in [0.05, 0.1) is 5.69 Å². The van der Waals surface area contributed by atoms with E-state index in [-0.39, 0.29) is 12.5 Å². The Hall–Kier alpha value is -3.74. The van der Waals surface area contributed by atoms with Crippen LogP contribution in [-0.4, -0.2) is 21.7 Å². The molecule has 0 atom stereocenters. The first-order valence-corrected chi connectivity index (χ1v) is 9.06. The molecule has 0 bridgehead atoms. The summed E-state index contributed by atoms with van der Waals surface area (Å²) in [6.45, 7) is 4.95. The third kappa shape index (κ3) is 5.16. The normalized spacial score (nSPS) is 10.4. The van der Waals surface area contributed by atoms with Crippen molar-refractivity contribution in [1.29, 1.82) is 0 Å². The Morgan fingerprint density at radius 3 is 2.41 bits per heavy atom. The Labute approximate surface area is 168 Å². The number of carbonyl (C=O) groups is 2. The van der Waals surface area contributed by atoms with Gasteiger partial charge >= 0.3 is 5.97 Å². The SMILES string of the molecule is CC(=O)Oc1ccccc1-c1ccc(=O)n(CC(=O)Nc2cc(C)cc(C)c2)n1. The largest absolute Gasteiger partial charge is 0.426 e. The average Bonchev–Trinajstić information content (AvgIpc) is 2.62. The maximum atomic E-state index is 12.4. The number of aromatic nitrogens is 2. The first-order chi connectivity index (χ1) is 13.8. The number of rotatable bonds is 5. The lowest BCUT2D eigenvalue weighted by molar-refractivity contribution is -0.131. The Balaban J connectivity index is 1.85. The summed E-state index contributed by atoms with van der Waals surface area (Å²) in [7, 11) is 0. The molecule has 1 heterocycles. The standard InChI is InChI=1S/C22H21N3O4/c1-14-10-15(2)12-17(11-14)23-21(27)13-25-22(28)9-8-19(24-25)18-6-4-5-7-20(18)29-16(3)26/h4-12H,13H2,1-3H3,(H,23,27). The predicted molar refractivity (Wildman–Crippen MR) is 110 cm³/mol. The highest BCUT2D eigenvalue weighted by Gasteiger charge is 2.13. The second-order valence-electron chi connectivity index (χ2n) is 6.73. The number of hydrogen-bond acceptors (Lipinski definition) is 5. The number of para-hydroxylation sites is 1. The minimum atomic E-state index is -0.460. The molecule has 0 spiro atoms. The summed E-state index contributed by atoms with van der Waals surface area (Å²) in [5.74, 6) is -0.494. The second-order valence-corrected chi connectivity index (χ2v) is 6.73. The molecule has 1 N–H and O–H groups in total. The molecule has 0 unspecified atom stereocenters. The van der Waals surface area contributed by atoms with Crippen molar-refractivity contribution in [3.05, 3.63) is 76.1 Å². The van der Waals surface area contributed by atoms with E-state index in [0.717, 1.165) is 15.8 Å². The molecule has 0 radical (unpaired) electrons. The van der Waals surface area contributed by atoms with E-state index in [4.69, 9.17) is 4.74 Å². The molecule has 1 aromatic heterocycles. The maximum absolute atomic E-state index is 12.4. The number of esters is 1. The summed E-state index contributed by atoms with van der Waals surface area (Å²) in [5.41, 5.74) is 3.28. The highest BCUT2D eigenvalue weighted by molar-refractivity contribution is 5.90. The van der Waals surface area contributed by atoms with Gasteiger partial charge in [-0.2, -0.15) is 5.10 Å². The second kappa shape index (κ2) is 8.52. The van der Waals surface area contributed by atoms with E-state index in [1.165, 1.54) is 19.1 Å². The number of hydrogen-bond donors (Lipinski definition) is 1. The fourth-order valence-corrected chi connectivity index (χ4v) is 3.01. The smallest absolute Gasteiger partial charge is 0.308 e. The summed E-state index contributed by atoms with van der Waals surface area (Å²) in [4.78, 5) is 36.0. The van der Waals surface area contributed by atoms with E-state index in [2.05, 4.69) is 10.4 Å². The van der Waals surface area contributed by atoms with Gasteiger partial charge in [-0.1, -0.05) is 18.2 Å². The molecule has 1 amide bonds. The number of ether oxygens (including phenoxy) is 1. The molecular weight excluding hydrogens is 370 g/mol. The number of nitrogens with one attached hydrogen (secondary N) is 1. The van der Waals surface area contributed by atoms with Crippen molar-refractivity contribution in [3.63, 3.8) is 0 Å². The maximum Gasteiger partial charge on any atom is 0.308 e. The van der Waals surface area contributed by atoms with E-state index in [0.29, 0.717) is 22.7 Å². The van der Waals surface area contributed by atoms with Crippen LogP contribution in [0.3, 0.4) is 0 Å². The monoisotopic (exact) mass is 391 g/mol. The van der Waals surface area contributed by atoms with Crippen molar-refractivity contribution in [3.8, 4) is 17.0 Å². The number of anilines is 1. The molecule has 0 saturated heterocycles. The molecule has 0 aliphatic rings. The zero-order valence-corrected chi connectivity index (χ0v) is 16.4. The molecule has 0 fully saturated rings. The summed E-state index contributed by atoms with van der Waals surface area (Å²) in [6.07, 6.45) is 0. The molecule has 0 aliphatic carbocycles. The van der Waals surface area contributed by atoms with Gasteiger partial charge in [0.1, 0.15) is 12.3 Å². The van der Waals surface area contributed by atoms with Gasteiger partial charge in [0.25, 0.3) is 5.56 Å². The molecule has 29 heavy (non-hydrogen) atoms. The van der Waals surface area contributed by atoms with E-state index in [1.54, 1.807) is 24.3 Å². The summed E-state index contributed by atoms with van der Waals surface area (Å²) < 4.78 is 6.29. The summed E-state index contributed by atoms with van der Waals surface area (Å²) >= 11 is 0. The van der Waals surface area contributed by atoms with Crippen LogP contribution in [0.15, 0.2) is 59.4 Å². The number of amides is 1. The van der Waals surface area contributed by atoms with Crippen molar-refractivity contribution < 1.29 is 14.3 Å².